The summed E-state index contributed by atoms with van der Waals surface area (Å²) in [4.78, 5) is 6.70. The van der Waals surface area contributed by atoms with Crippen molar-refractivity contribution in [1.29, 1.82) is 0 Å². The van der Waals surface area contributed by atoms with Gasteiger partial charge in [0.1, 0.15) is 0 Å². The largest absolute Gasteiger partial charge is 0.346 e. The SMILES string of the molecule is Cc1ccc(S(=O)(=O)NC2CCN(c3nccs3)C2)cc1. The summed E-state index contributed by atoms with van der Waals surface area (Å²) in [5, 5.41) is 2.88. The monoisotopic (exact) mass is 323 g/mol. The summed E-state index contributed by atoms with van der Waals surface area (Å²) in [5.41, 5.74) is 1.05. The number of nitrogens with one attached hydrogen (secondary N) is 1. The fourth-order valence-corrected chi connectivity index (χ4v) is 4.35. The second-order valence-corrected chi connectivity index (χ2v) is 7.77. The zero-order chi connectivity index (χ0) is 14.9. The van der Waals surface area contributed by atoms with Crippen LogP contribution >= 0.6 is 11.3 Å². The average Bonchev–Trinajstić information content (AvgIpc) is 3.09. The Morgan fingerprint density at radius 1 is 1.33 bits per heavy atom. The first kappa shape index (κ1) is 14.5. The number of aromatic nitrogens is 1. The molecule has 2 heterocycles. The van der Waals surface area contributed by atoms with Gasteiger partial charge in [0.2, 0.25) is 10.0 Å². The molecule has 1 fully saturated rings. The second-order valence-electron chi connectivity index (χ2n) is 5.18. The first-order chi connectivity index (χ1) is 10.0. The number of hydrogen-bond donors (Lipinski definition) is 1. The summed E-state index contributed by atoms with van der Waals surface area (Å²) in [7, 11) is -3.45. The van der Waals surface area contributed by atoms with Crippen LogP contribution in [0.5, 0.6) is 0 Å². The highest BCUT2D eigenvalue weighted by atomic mass is 32.2. The van der Waals surface area contributed by atoms with Crippen molar-refractivity contribution in [2.24, 2.45) is 0 Å². The molecule has 2 aromatic rings. The number of hydrogen-bond acceptors (Lipinski definition) is 5. The summed E-state index contributed by atoms with van der Waals surface area (Å²) in [6.45, 7) is 3.43. The lowest BCUT2D eigenvalue weighted by Gasteiger charge is -2.16. The van der Waals surface area contributed by atoms with E-state index >= 15 is 0 Å². The number of benzene rings is 1. The molecule has 1 aromatic carbocycles. The van der Waals surface area contributed by atoms with Gasteiger partial charge in [-0.2, -0.15) is 0 Å². The minimum atomic E-state index is -3.45. The number of thiazole rings is 1. The van der Waals surface area contributed by atoms with Gasteiger partial charge in [0.15, 0.2) is 5.13 Å². The second kappa shape index (κ2) is 5.75. The van der Waals surface area contributed by atoms with Gasteiger partial charge in [-0.3, -0.25) is 0 Å². The molecule has 0 radical (unpaired) electrons. The average molecular weight is 323 g/mol. The maximum Gasteiger partial charge on any atom is 0.240 e. The van der Waals surface area contributed by atoms with E-state index in [0.29, 0.717) is 11.4 Å². The Labute approximate surface area is 128 Å². The van der Waals surface area contributed by atoms with Gasteiger partial charge in [0.05, 0.1) is 4.90 Å². The Balaban J connectivity index is 1.68. The minimum Gasteiger partial charge on any atom is -0.346 e. The molecule has 1 unspecified atom stereocenters. The van der Waals surface area contributed by atoms with Crippen LogP contribution in [-0.2, 0) is 10.0 Å². The molecule has 0 spiro atoms. The topological polar surface area (TPSA) is 62.3 Å². The first-order valence-electron chi connectivity index (χ1n) is 6.78. The summed E-state index contributed by atoms with van der Waals surface area (Å²) < 4.78 is 27.5. The molecular formula is C14H17N3O2S2. The molecule has 1 aromatic heterocycles. The van der Waals surface area contributed by atoms with Crippen molar-refractivity contribution in [2.75, 3.05) is 18.0 Å². The molecule has 21 heavy (non-hydrogen) atoms. The molecule has 5 nitrogen and oxygen atoms in total. The highest BCUT2D eigenvalue weighted by Gasteiger charge is 2.28. The molecule has 1 N–H and O–H groups in total. The highest BCUT2D eigenvalue weighted by Crippen LogP contribution is 2.23. The molecule has 1 saturated heterocycles. The maximum atomic E-state index is 12.3. The van der Waals surface area contributed by atoms with Crippen LogP contribution in [0.15, 0.2) is 40.7 Å². The quantitative estimate of drug-likeness (QED) is 0.935. The van der Waals surface area contributed by atoms with Crippen LogP contribution in [-0.4, -0.2) is 32.5 Å². The van der Waals surface area contributed by atoms with Gasteiger partial charge in [0.25, 0.3) is 0 Å². The lowest BCUT2D eigenvalue weighted by Crippen LogP contribution is -2.37. The van der Waals surface area contributed by atoms with E-state index in [-0.39, 0.29) is 6.04 Å². The predicted octanol–water partition coefficient (Wildman–Crippen LogP) is 2.01. The third-order valence-electron chi connectivity index (χ3n) is 3.53. The standard InChI is InChI=1S/C14H17N3O2S2/c1-11-2-4-13(5-3-11)21(18,19)16-12-6-8-17(10-12)14-15-7-9-20-14/h2-5,7,9,12,16H,6,8,10H2,1H3. The fourth-order valence-electron chi connectivity index (χ4n) is 2.41. The highest BCUT2D eigenvalue weighted by molar-refractivity contribution is 7.89. The van der Waals surface area contributed by atoms with E-state index in [1.165, 1.54) is 0 Å². The molecule has 0 aliphatic carbocycles. The van der Waals surface area contributed by atoms with Gasteiger partial charge in [-0.15, -0.1) is 11.3 Å². The van der Waals surface area contributed by atoms with E-state index < -0.39 is 10.0 Å². The van der Waals surface area contributed by atoms with Gasteiger partial charge in [0, 0.05) is 30.7 Å². The normalized spacial score (nSPS) is 19.1. The van der Waals surface area contributed by atoms with E-state index in [0.717, 1.165) is 23.7 Å². The molecule has 3 rings (SSSR count). The number of aryl methyl sites for hydroxylation is 1. The molecule has 1 aliphatic rings. The Morgan fingerprint density at radius 3 is 2.76 bits per heavy atom. The Bertz CT molecular complexity index is 696. The molecule has 1 aliphatic heterocycles. The Morgan fingerprint density at radius 2 is 2.10 bits per heavy atom. The van der Waals surface area contributed by atoms with Gasteiger partial charge in [-0.1, -0.05) is 17.7 Å². The van der Waals surface area contributed by atoms with Gasteiger partial charge < -0.3 is 4.90 Å². The fraction of sp³-hybridized carbons (Fsp3) is 0.357. The van der Waals surface area contributed by atoms with Gasteiger partial charge in [-0.25, -0.2) is 18.1 Å². The molecule has 0 bridgehead atoms. The van der Waals surface area contributed by atoms with E-state index in [9.17, 15) is 8.42 Å². The van der Waals surface area contributed by atoms with Crippen LogP contribution in [0.3, 0.4) is 0 Å². The van der Waals surface area contributed by atoms with Crippen LogP contribution in [0.2, 0.25) is 0 Å². The van der Waals surface area contributed by atoms with Crippen LogP contribution in [0.25, 0.3) is 0 Å². The van der Waals surface area contributed by atoms with Crippen molar-refractivity contribution >= 4 is 26.5 Å². The van der Waals surface area contributed by atoms with Crippen LogP contribution in [0.4, 0.5) is 5.13 Å². The van der Waals surface area contributed by atoms with Crippen molar-refractivity contribution in [3.8, 4) is 0 Å². The van der Waals surface area contributed by atoms with Crippen LogP contribution < -0.4 is 9.62 Å². The molecule has 0 saturated carbocycles. The maximum absolute atomic E-state index is 12.3. The minimum absolute atomic E-state index is 0.0693. The molecule has 112 valence electrons. The van der Waals surface area contributed by atoms with Crippen molar-refractivity contribution in [1.82, 2.24) is 9.71 Å². The molecule has 0 amide bonds. The first-order valence-corrected chi connectivity index (χ1v) is 9.14. The zero-order valence-electron chi connectivity index (χ0n) is 11.7. The predicted molar refractivity (Wildman–Crippen MR) is 84.2 cm³/mol. The summed E-state index contributed by atoms with van der Waals surface area (Å²) in [6, 6.07) is 6.84. The Hall–Kier alpha value is -1.44. The third-order valence-corrected chi connectivity index (χ3v) is 5.90. The van der Waals surface area contributed by atoms with E-state index in [4.69, 9.17) is 0 Å². The van der Waals surface area contributed by atoms with E-state index in [1.54, 1.807) is 29.7 Å². The summed E-state index contributed by atoms with van der Waals surface area (Å²) in [5.74, 6) is 0. The smallest absolute Gasteiger partial charge is 0.240 e. The number of rotatable bonds is 4. The molecular weight excluding hydrogens is 306 g/mol. The van der Waals surface area contributed by atoms with Crippen LogP contribution in [0.1, 0.15) is 12.0 Å². The molecule has 7 heteroatoms. The molecule has 1 atom stereocenters. The lowest BCUT2D eigenvalue weighted by molar-refractivity contribution is 0.561. The number of nitrogens with zero attached hydrogens (tertiary/aromatic N) is 2. The number of sulfonamides is 1. The van der Waals surface area contributed by atoms with E-state index in [2.05, 4.69) is 14.6 Å². The van der Waals surface area contributed by atoms with Crippen molar-refractivity contribution < 1.29 is 8.42 Å². The van der Waals surface area contributed by atoms with Crippen molar-refractivity contribution in [2.45, 2.75) is 24.3 Å². The third kappa shape index (κ3) is 3.25. The van der Waals surface area contributed by atoms with Gasteiger partial charge in [-0.05, 0) is 25.5 Å². The van der Waals surface area contributed by atoms with Crippen molar-refractivity contribution in [3.63, 3.8) is 0 Å². The number of anilines is 1. The zero-order valence-corrected chi connectivity index (χ0v) is 13.3. The van der Waals surface area contributed by atoms with Crippen molar-refractivity contribution in [3.05, 3.63) is 41.4 Å². The van der Waals surface area contributed by atoms with Crippen LogP contribution in [0, 0.1) is 6.92 Å². The lowest BCUT2D eigenvalue weighted by atomic mass is 10.2. The summed E-state index contributed by atoms with van der Waals surface area (Å²) >= 11 is 1.58. The summed E-state index contributed by atoms with van der Waals surface area (Å²) in [6.07, 6.45) is 2.56. The van der Waals surface area contributed by atoms with Gasteiger partial charge >= 0.3 is 0 Å². The van der Waals surface area contributed by atoms with E-state index in [1.807, 2.05) is 24.4 Å². The Kier molecular flexibility index (Phi) is 3.97.